The van der Waals surface area contributed by atoms with Crippen LogP contribution in [0.15, 0.2) is 63.9 Å². The van der Waals surface area contributed by atoms with E-state index in [4.69, 9.17) is 0 Å². The van der Waals surface area contributed by atoms with Gasteiger partial charge in [-0.25, -0.2) is 0 Å². The normalized spacial score (nSPS) is 16.5. The molecule has 0 saturated heterocycles. The minimum Gasteiger partial charge on any atom is -0.506 e. The Hall–Kier alpha value is -2.62. The molecule has 10 heteroatoms. The first kappa shape index (κ1) is 19.7. The van der Waals surface area contributed by atoms with Gasteiger partial charge in [0.2, 0.25) is 0 Å². The van der Waals surface area contributed by atoms with Gasteiger partial charge in [0, 0.05) is 41.7 Å². The van der Waals surface area contributed by atoms with Crippen molar-refractivity contribution in [2.75, 3.05) is 5.01 Å². The molecular weight excluding hydrogens is 349 g/mol. The molecule has 127 valence electrons. The minimum atomic E-state index is -0.945. The third kappa shape index (κ3) is 3.96. The van der Waals surface area contributed by atoms with Crippen LogP contribution < -0.4 is 5.01 Å². The number of hydrogen-bond acceptors (Lipinski definition) is 7. The molecule has 1 atom stereocenters. The van der Waals surface area contributed by atoms with Gasteiger partial charge in [0.25, 0.3) is 11.6 Å². The van der Waals surface area contributed by atoms with Crippen molar-refractivity contribution in [2.24, 2.45) is 15.3 Å². The maximum atomic E-state index is 12.5. The number of nitrogens with zero attached hydrogens (tertiary/aromatic N) is 5. The van der Waals surface area contributed by atoms with Gasteiger partial charge in [-0.3, -0.25) is 14.9 Å². The number of nitro benzene ring substituents is 1. The average Bonchev–Trinajstić information content (AvgIpc) is 2.89. The van der Waals surface area contributed by atoms with E-state index in [1.165, 1.54) is 5.01 Å². The van der Waals surface area contributed by atoms with E-state index in [-0.39, 0.29) is 46.7 Å². The number of rotatable bonds is 4. The molecule has 1 heterocycles. The summed E-state index contributed by atoms with van der Waals surface area (Å²) in [5, 5.41) is 33.7. The summed E-state index contributed by atoms with van der Waals surface area (Å²) in [6.07, 6.45) is 0. The van der Waals surface area contributed by atoms with Crippen LogP contribution in [0.5, 0.6) is 5.75 Å². The number of para-hydroxylation sites is 1. The summed E-state index contributed by atoms with van der Waals surface area (Å²) in [4.78, 5) is 22.7. The number of hydrogen-bond donors (Lipinski definition) is 1. The molecule has 0 fully saturated rings. The molecular formula is C16H13N5NaO4. The number of anilines is 1. The van der Waals surface area contributed by atoms with E-state index < -0.39 is 16.9 Å². The van der Waals surface area contributed by atoms with Gasteiger partial charge >= 0.3 is 0 Å². The number of amides is 1. The van der Waals surface area contributed by atoms with Crippen LogP contribution >= 0.6 is 0 Å². The van der Waals surface area contributed by atoms with E-state index in [1.54, 1.807) is 31.2 Å². The number of phenolic OH excluding ortho intramolecular Hbond substituents is 1. The maximum absolute atomic E-state index is 12.5. The maximum Gasteiger partial charge on any atom is 0.280 e. The van der Waals surface area contributed by atoms with Crippen molar-refractivity contribution in [2.45, 2.75) is 13.0 Å². The molecule has 3 rings (SSSR count). The molecule has 0 bridgehead atoms. The topological polar surface area (TPSA) is 121 Å². The molecule has 1 N–H and O–H groups in total. The van der Waals surface area contributed by atoms with Gasteiger partial charge in [-0.1, -0.05) is 18.2 Å². The first-order chi connectivity index (χ1) is 12.0. The third-order valence-electron chi connectivity index (χ3n) is 3.55. The van der Waals surface area contributed by atoms with Gasteiger partial charge in [0.15, 0.2) is 6.04 Å². The molecule has 1 aliphatic rings. The molecule has 9 nitrogen and oxygen atoms in total. The number of nitro groups is 1. The van der Waals surface area contributed by atoms with Crippen molar-refractivity contribution in [1.29, 1.82) is 0 Å². The molecule has 26 heavy (non-hydrogen) atoms. The summed E-state index contributed by atoms with van der Waals surface area (Å²) >= 11 is 0. The Morgan fingerprint density at radius 2 is 1.92 bits per heavy atom. The number of benzene rings is 2. The summed E-state index contributed by atoms with van der Waals surface area (Å²) < 4.78 is 0. The summed E-state index contributed by atoms with van der Waals surface area (Å²) in [5.74, 6) is -0.660. The molecule has 2 aromatic rings. The molecule has 1 unspecified atom stereocenters. The molecule has 1 aliphatic heterocycles. The summed E-state index contributed by atoms with van der Waals surface area (Å²) in [6, 6.07) is 11.3. The van der Waals surface area contributed by atoms with Crippen LogP contribution in [0.2, 0.25) is 0 Å². The predicted octanol–water partition coefficient (Wildman–Crippen LogP) is 2.79. The number of carbonyl (C=O) groups is 1. The van der Waals surface area contributed by atoms with Gasteiger partial charge in [0.1, 0.15) is 11.4 Å². The van der Waals surface area contributed by atoms with Crippen LogP contribution in [-0.2, 0) is 4.79 Å². The van der Waals surface area contributed by atoms with Crippen LogP contribution in [0.3, 0.4) is 0 Å². The van der Waals surface area contributed by atoms with E-state index in [1.807, 2.05) is 6.07 Å². The smallest absolute Gasteiger partial charge is 0.280 e. The Labute approximate surface area is 170 Å². The van der Waals surface area contributed by atoms with E-state index in [0.717, 1.165) is 18.2 Å². The van der Waals surface area contributed by atoms with Gasteiger partial charge in [-0.05, 0) is 25.1 Å². The molecule has 0 aromatic heterocycles. The number of aromatic hydroxyl groups is 1. The third-order valence-corrected chi connectivity index (χ3v) is 3.55. The SMILES string of the molecule is CC1=NN(c2ccccc2)C(=O)C1N=Nc1cc([N+](=O)[O-])ccc1O.[Na]. The first-order valence-corrected chi connectivity index (χ1v) is 7.30. The number of phenols is 1. The predicted molar refractivity (Wildman–Crippen MR) is 95.9 cm³/mol. The number of non-ortho nitro benzene ring substituents is 1. The number of hydrazone groups is 1. The second-order valence-electron chi connectivity index (χ2n) is 5.28. The van der Waals surface area contributed by atoms with Crippen LogP contribution in [0.25, 0.3) is 0 Å². The summed E-state index contributed by atoms with van der Waals surface area (Å²) in [7, 11) is 0. The van der Waals surface area contributed by atoms with E-state index in [2.05, 4.69) is 15.3 Å². The fourth-order valence-electron chi connectivity index (χ4n) is 2.27. The van der Waals surface area contributed by atoms with Gasteiger partial charge < -0.3 is 5.11 Å². The Morgan fingerprint density at radius 3 is 2.58 bits per heavy atom. The van der Waals surface area contributed by atoms with Crippen LogP contribution in [0, 0.1) is 10.1 Å². The average molecular weight is 362 g/mol. The Bertz CT molecular complexity index is 901. The summed E-state index contributed by atoms with van der Waals surface area (Å²) in [6.45, 7) is 1.64. The zero-order valence-electron chi connectivity index (χ0n) is 14.1. The standard InChI is InChI=1S/C16H13N5O4.Na/c1-10-15(16(23)20(19-10)11-5-3-2-4-6-11)18-17-13-9-12(21(24)25)7-8-14(13)22;/h2-9,15,22H,1H3;. The largest absolute Gasteiger partial charge is 0.506 e. The molecule has 1 amide bonds. The second-order valence-corrected chi connectivity index (χ2v) is 5.28. The van der Waals surface area contributed by atoms with Gasteiger partial charge in [-0.2, -0.15) is 20.3 Å². The van der Waals surface area contributed by atoms with Crippen molar-refractivity contribution in [3.8, 4) is 5.75 Å². The van der Waals surface area contributed by atoms with Crippen molar-refractivity contribution in [3.05, 3.63) is 58.6 Å². The Balaban J connectivity index is 0.00000243. The summed E-state index contributed by atoms with van der Waals surface area (Å²) in [5.41, 5.74) is 0.707. The molecule has 0 saturated carbocycles. The number of carbonyl (C=O) groups excluding carboxylic acids is 1. The molecule has 2 aromatic carbocycles. The Morgan fingerprint density at radius 1 is 1.23 bits per heavy atom. The zero-order valence-corrected chi connectivity index (χ0v) is 16.1. The fraction of sp³-hybridized carbons (Fsp3) is 0.125. The van der Waals surface area contributed by atoms with E-state index in [9.17, 15) is 20.0 Å². The quantitative estimate of drug-likeness (QED) is 0.389. The van der Waals surface area contributed by atoms with Gasteiger partial charge in [0.05, 0.1) is 16.3 Å². The van der Waals surface area contributed by atoms with Crippen molar-refractivity contribution < 1.29 is 14.8 Å². The van der Waals surface area contributed by atoms with E-state index >= 15 is 0 Å². The zero-order chi connectivity index (χ0) is 18.0. The van der Waals surface area contributed by atoms with E-state index in [0.29, 0.717) is 11.4 Å². The van der Waals surface area contributed by atoms with Crippen molar-refractivity contribution in [1.82, 2.24) is 0 Å². The Kier molecular flexibility index (Phi) is 6.19. The molecule has 1 radical (unpaired) electrons. The van der Waals surface area contributed by atoms with Crippen molar-refractivity contribution in [3.63, 3.8) is 0 Å². The molecule has 0 aliphatic carbocycles. The van der Waals surface area contributed by atoms with Crippen LogP contribution in [0.4, 0.5) is 17.1 Å². The van der Waals surface area contributed by atoms with Gasteiger partial charge in [-0.15, -0.1) is 0 Å². The van der Waals surface area contributed by atoms with Crippen LogP contribution in [-0.4, -0.2) is 57.2 Å². The van der Waals surface area contributed by atoms with Crippen molar-refractivity contribution >= 4 is 58.2 Å². The monoisotopic (exact) mass is 362 g/mol. The number of azo groups is 1. The molecule has 0 spiro atoms. The minimum absolute atomic E-state index is 0. The fourth-order valence-corrected chi connectivity index (χ4v) is 2.27. The van der Waals surface area contributed by atoms with Crippen LogP contribution in [0.1, 0.15) is 6.92 Å². The second kappa shape index (κ2) is 8.17. The first-order valence-electron chi connectivity index (χ1n) is 7.30.